The average Bonchev–Trinajstić information content (AvgIpc) is 2.00. The number of rotatable bonds is 5. The van der Waals surface area contributed by atoms with E-state index in [1.165, 1.54) is 6.08 Å². The van der Waals surface area contributed by atoms with Crippen molar-refractivity contribution in [3.8, 4) is 0 Å². The summed E-state index contributed by atoms with van der Waals surface area (Å²) in [6.07, 6.45) is 4.29. The van der Waals surface area contributed by atoms with Crippen LogP contribution in [0.5, 0.6) is 0 Å². The van der Waals surface area contributed by atoms with Crippen LogP contribution < -0.4 is 0 Å². The Bertz CT molecular complexity index is 138. The fourth-order valence-electron chi connectivity index (χ4n) is 0.755. The van der Waals surface area contributed by atoms with Gasteiger partial charge in [0, 0.05) is 0 Å². The normalized spacial score (nSPS) is 13.7. The maximum absolute atomic E-state index is 10.9. The van der Waals surface area contributed by atoms with E-state index in [9.17, 15) is 4.79 Å². The van der Waals surface area contributed by atoms with Crippen LogP contribution in [0.15, 0.2) is 12.2 Å². The van der Waals surface area contributed by atoms with Crippen LogP contribution in [-0.4, -0.2) is 17.0 Å². The SMILES string of the molecule is [CH2]CCCC(O)C(=O)C=CC. The van der Waals surface area contributed by atoms with E-state index in [1.54, 1.807) is 13.0 Å². The number of carbonyl (C=O) groups is 1. The van der Waals surface area contributed by atoms with Gasteiger partial charge < -0.3 is 5.11 Å². The third kappa shape index (κ3) is 4.73. The van der Waals surface area contributed by atoms with Gasteiger partial charge in [-0.1, -0.05) is 25.8 Å². The molecule has 0 fully saturated rings. The van der Waals surface area contributed by atoms with Gasteiger partial charge in [0.25, 0.3) is 0 Å². The number of hydrogen-bond acceptors (Lipinski definition) is 2. The number of unbranched alkanes of at least 4 members (excludes halogenated alkanes) is 1. The van der Waals surface area contributed by atoms with E-state index in [1.807, 2.05) is 0 Å². The molecule has 0 amide bonds. The molecule has 0 saturated heterocycles. The summed E-state index contributed by atoms with van der Waals surface area (Å²) >= 11 is 0. The highest BCUT2D eigenvalue weighted by atomic mass is 16.3. The first-order chi connectivity index (χ1) is 5.22. The zero-order valence-corrected chi connectivity index (χ0v) is 6.92. The molecule has 1 unspecified atom stereocenters. The molecule has 0 saturated carbocycles. The first-order valence-corrected chi connectivity index (χ1v) is 3.86. The van der Waals surface area contributed by atoms with E-state index in [0.29, 0.717) is 6.42 Å². The van der Waals surface area contributed by atoms with Crippen LogP contribution in [0.4, 0.5) is 0 Å². The van der Waals surface area contributed by atoms with Gasteiger partial charge in [0.05, 0.1) is 0 Å². The molecule has 0 rings (SSSR count). The number of hydrogen-bond donors (Lipinski definition) is 1. The summed E-state index contributed by atoms with van der Waals surface area (Å²) in [6.45, 7) is 5.38. The van der Waals surface area contributed by atoms with Crippen molar-refractivity contribution in [1.82, 2.24) is 0 Å². The van der Waals surface area contributed by atoms with Crippen LogP contribution in [0.25, 0.3) is 0 Å². The molecule has 0 spiro atoms. The maximum atomic E-state index is 10.9. The molecule has 0 bridgehead atoms. The molecule has 0 aliphatic heterocycles. The van der Waals surface area contributed by atoms with Crippen molar-refractivity contribution >= 4 is 5.78 Å². The largest absolute Gasteiger partial charge is 0.385 e. The molecule has 11 heavy (non-hydrogen) atoms. The molecule has 0 aromatic carbocycles. The van der Waals surface area contributed by atoms with E-state index < -0.39 is 6.10 Å². The van der Waals surface area contributed by atoms with Crippen LogP contribution in [0, 0.1) is 6.92 Å². The first-order valence-electron chi connectivity index (χ1n) is 3.86. The van der Waals surface area contributed by atoms with Gasteiger partial charge in [-0.3, -0.25) is 4.79 Å². The zero-order chi connectivity index (χ0) is 8.69. The molecule has 0 aromatic heterocycles. The van der Waals surface area contributed by atoms with Crippen LogP contribution in [0.3, 0.4) is 0 Å². The van der Waals surface area contributed by atoms with Crippen molar-refractivity contribution in [2.75, 3.05) is 0 Å². The molecule has 1 radical (unpaired) electrons. The molecule has 1 atom stereocenters. The quantitative estimate of drug-likeness (QED) is 0.611. The maximum Gasteiger partial charge on any atom is 0.183 e. The number of ketones is 1. The summed E-state index contributed by atoms with van der Waals surface area (Å²) in [7, 11) is 0. The minimum absolute atomic E-state index is 0.207. The lowest BCUT2D eigenvalue weighted by atomic mass is 10.1. The van der Waals surface area contributed by atoms with Crippen LogP contribution >= 0.6 is 0 Å². The van der Waals surface area contributed by atoms with Gasteiger partial charge in [-0.2, -0.15) is 0 Å². The zero-order valence-electron chi connectivity index (χ0n) is 6.92. The molecule has 0 aliphatic rings. The smallest absolute Gasteiger partial charge is 0.183 e. The van der Waals surface area contributed by atoms with Gasteiger partial charge in [0.2, 0.25) is 0 Å². The van der Waals surface area contributed by atoms with Crippen molar-refractivity contribution in [3.63, 3.8) is 0 Å². The van der Waals surface area contributed by atoms with Crippen molar-refractivity contribution in [3.05, 3.63) is 19.1 Å². The Morgan fingerprint density at radius 3 is 2.82 bits per heavy atom. The minimum atomic E-state index is -0.826. The second-order valence-corrected chi connectivity index (χ2v) is 2.41. The van der Waals surface area contributed by atoms with Crippen LogP contribution in [-0.2, 0) is 4.79 Å². The lowest BCUT2D eigenvalue weighted by Crippen LogP contribution is -2.17. The fourth-order valence-corrected chi connectivity index (χ4v) is 0.755. The molecule has 0 heterocycles. The molecule has 0 aliphatic carbocycles. The summed E-state index contributed by atoms with van der Waals surface area (Å²) in [5.74, 6) is -0.207. The predicted octanol–water partition coefficient (Wildman–Crippen LogP) is 1.50. The van der Waals surface area contributed by atoms with E-state index >= 15 is 0 Å². The van der Waals surface area contributed by atoms with Crippen LogP contribution in [0.1, 0.15) is 26.2 Å². The third-order valence-electron chi connectivity index (χ3n) is 1.39. The lowest BCUT2D eigenvalue weighted by molar-refractivity contribution is -0.122. The number of aliphatic hydroxyl groups is 1. The Morgan fingerprint density at radius 1 is 1.73 bits per heavy atom. The summed E-state index contributed by atoms with van der Waals surface area (Å²) in [6, 6.07) is 0. The molecular formula is C9H15O2. The molecule has 2 heteroatoms. The van der Waals surface area contributed by atoms with Gasteiger partial charge in [-0.25, -0.2) is 0 Å². The van der Waals surface area contributed by atoms with Gasteiger partial charge in [-0.05, 0) is 19.4 Å². The van der Waals surface area contributed by atoms with Gasteiger partial charge >= 0.3 is 0 Å². The monoisotopic (exact) mass is 155 g/mol. The summed E-state index contributed by atoms with van der Waals surface area (Å²) < 4.78 is 0. The standard InChI is InChI=1S/C9H15O2/c1-3-5-7-9(11)8(10)6-4-2/h4,6,9,11H,1,3,5,7H2,2H3. The fraction of sp³-hybridized carbons (Fsp3) is 0.556. The third-order valence-corrected chi connectivity index (χ3v) is 1.39. The number of allylic oxidation sites excluding steroid dienone is 1. The second kappa shape index (κ2) is 6.10. The van der Waals surface area contributed by atoms with Crippen molar-refractivity contribution in [2.45, 2.75) is 32.3 Å². The molecule has 63 valence electrons. The van der Waals surface area contributed by atoms with Crippen LogP contribution in [0.2, 0.25) is 0 Å². The summed E-state index contributed by atoms with van der Waals surface area (Å²) in [5.41, 5.74) is 0. The first kappa shape index (κ1) is 10.4. The Hall–Kier alpha value is -0.630. The van der Waals surface area contributed by atoms with Crippen molar-refractivity contribution in [1.29, 1.82) is 0 Å². The van der Waals surface area contributed by atoms with Gasteiger partial charge in [0.15, 0.2) is 5.78 Å². The molecule has 0 aromatic rings. The Balaban J connectivity index is 3.64. The lowest BCUT2D eigenvalue weighted by Gasteiger charge is -2.04. The average molecular weight is 155 g/mol. The molecule has 1 N–H and O–H groups in total. The van der Waals surface area contributed by atoms with Crippen molar-refractivity contribution < 1.29 is 9.90 Å². The molecular weight excluding hydrogens is 140 g/mol. The topological polar surface area (TPSA) is 37.3 Å². The predicted molar refractivity (Wildman–Crippen MR) is 45.0 cm³/mol. The highest BCUT2D eigenvalue weighted by molar-refractivity contribution is 5.93. The molecule has 2 nitrogen and oxygen atoms in total. The minimum Gasteiger partial charge on any atom is -0.385 e. The Kier molecular flexibility index (Phi) is 5.75. The van der Waals surface area contributed by atoms with E-state index in [-0.39, 0.29) is 5.78 Å². The Labute approximate surface area is 67.9 Å². The second-order valence-electron chi connectivity index (χ2n) is 2.41. The van der Waals surface area contributed by atoms with Gasteiger partial charge in [0.1, 0.15) is 6.10 Å². The number of carbonyl (C=O) groups excluding carboxylic acids is 1. The Morgan fingerprint density at radius 2 is 2.36 bits per heavy atom. The summed E-state index contributed by atoms with van der Waals surface area (Å²) in [5, 5.41) is 9.15. The summed E-state index contributed by atoms with van der Waals surface area (Å²) in [4.78, 5) is 10.9. The highest BCUT2D eigenvalue weighted by Crippen LogP contribution is 2.01. The van der Waals surface area contributed by atoms with Gasteiger partial charge in [-0.15, -0.1) is 0 Å². The van der Waals surface area contributed by atoms with E-state index in [4.69, 9.17) is 5.11 Å². The highest BCUT2D eigenvalue weighted by Gasteiger charge is 2.09. The van der Waals surface area contributed by atoms with E-state index in [2.05, 4.69) is 6.92 Å². The van der Waals surface area contributed by atoms with Crippen molar-refractivity contribution in [2.24, 2.45) is 0 Å². The van der Waals surface area contributed by atoms with E-state index in [0.717, 1.165) is 12.8 Å². The number of aliphatic hydroxyl groups excluding tert-OH is 1.